The minimum absolute atomic E-state index is 0. The molecule has 1 unspecified atom stereocenters. The van der Waals surface area contributed by atoms with Gasteiger partial charge in [-0.1, -0.05) is 13.8 Å². The van der Waals surface area contributed by atoms with Gasteiger partial charge in [0.25, 0.3) is 5.56 Å². The van der Waals surface area contributed by atoms with Crippen LogP contribution in [0.5, 0.6) is 0 Å². The van der Waals surface area contributed by atoms with E-state index in [0.717, 1.165) is 17.7 Å². The fourth-order valence-electron chi connectivity index (χ4n) is 3.42. The summed E-state index contributed by atoms with van der Waals surface area (Å²) in [4.78, 5) is 13.1. The number of nitrogens with zero attached hydrogens (tertiary/aromatic N) is 2. The van der Waals surface area contributed by atoms with Gasteiger partial charge >= 0.3 is 0 Å². The van der Waals surface area contributed by atoms with Gasteiger partial charge in [0.15, 0.2) is 0 Å². The quantitative estimate of drug-likeness (QED) is 0.791. The predicted molar refractivity (Wildman–Crippen MR) is 110 cm³/mol. The van der Waals surface area contributed by atoms with Gasteiger partial charge in [0, 0.05) is 37.3 Å². The molecular formula is C20H28ClFN4O2. The second-order valence-corrected chi connectivity index (χ2v) is 7.34. The Labute approximate surface area is 170 Å². The monoisotopic (exact) mass is 410 g/mol. The number of aromatic nitrogens is 2. The van der Waals surface area contributed by atoms with Crippen LogP contribution in [0.2, 0.25) is 0 Å². The Kier molecular flexibility index (Phi) is 7.71. The van der Waals surface area contributed by atoms with Gasteiger partial charge in [-0.25, -0.2) is 9.07 Å². The van der Waals surface area contributed by atoms with Crippen LogP contribution < -0.4 is 16.6 Å². The van der Waals surface area contributed by atoms with Gasteiger partial charge in [0.05, 0.1) is 17.9 Å². The molecule has 8 heteroatoms. The van der Waals surface area contributed by atoms with Crippen molar-refractivity contribution in [1.82, 2.24) is 15.1 Å². The number of rotatable bonds is 5. The Balaban J connectivity index is 0.00000280. The predicted octanol–water partition coefficient (Wildman–Crippen LogP) is 2.56. The molecule has 1 saturated heterocycles. The molecule has 2 heterocycles. The second-order valence-electron chi connectivity index (χ2n) is 7.34. The largest absolute Gasteiger partial charge is 0.371 e. The number of hydrogen-bond donors (Lipinski definition) is 2. The molecule has 0 amide bonds. The summed E-state index contributed by atoms with van der Waals surface area (Å²) in [5.74, 6) is -0.0775. The van der Waals surface area contributed by atoms with Gasteiger partial charge in [-0.15, -0.1) is 12.4 Å². The highest BCUT2D eigenvalue weighted by Gasteiger charge is 2.25. The molecule has 1 aliphatic heterocycles. The van der Waals surface area contributed by atoms with Crippen LogP contribution >= 0.6 is 12.4 Å². The zero-order valence-corrected chi connectivity index (χ0v) is 17.3. The highest BCUT2D eigenvalue weighted by Crippen LogP contribution is 2.28. The molecule has 3 rings (SSSR count). The van der Waals surface area contributed by atoms with Crippen molar-refractivity contribution >= 4 is 12.4 Å². The van der Waals surface area contributed by atoms with E-state index in [0.29, 0.717) is 36.5 Å². The van der Waals surface area contributed by atoms with E-state index in [2.05, 4.69) is 10.4 Å². The number of nitrogens with two attached hydrogens (primary N) is 1. The Morgan fingerprint density at radius 1 is 1.43 bits per heavy atom. The number of morpholine rings is 1. The first-order valence-corrected chi connectivity index (χ1v) is 9.35. The van der Waals surface area contributed by atoms with E-state index in [1.54, 1.807) is 12.1 Å². The van der Waals surface area contributed by atoms with Crippen molar-refractivity contribution in [3.05, 3.63) is 51.1 Å². The van der Waals surface area contributed by atoms with Gasteiger partial charge in [-0.2, -0.15) is 5.10 Å². The standard InChI is InChI=1S/C20H27FN4O2.ClH/c1-12(2)11-25-20(26)18(17-10-23-6-7-27-17)13(3)19(24-25)14-4-5-16(21)15(8-14)9-22;/h4-5,8,12,17,23H,6-7,9-11,22H2,1-3H3;1H. The SMILES string of the molecule is Cc1c(-c2ccc(F)c(CN)c2)nn(CC(C)C)c(=O)c1C1CNCCO1.Cl. The molecule has 6 nitrogen and oxygen atoms in total. The summed E-state index contributed by atoms with van der Waals surface area (Å²) in [5, 5.41) is 7.88. The number of ether oxygens (including phenoxy) is 1. The molecule has 3 N–H and O–H groups in total. The van der Waals surface area contributed by atoms with Crippen molar-refractivity contribution in [3.8, 4) is 11.3 Å². The first-order chi connectivity index (χ1) is 12.9. The summed E-state index contributed by atoms with van der Waals surface area (Å²) in [6.45, 7) is 8.47. The van der Waals surface area contributed by atoms with Crippen LogP contribution in [0, 0.1) is 18.7 Å². The van der Waals surface area contributed by atoms with Crippen molar-refractivity contribution in [2.24, 2.45) is 11.7 Å². The zero-order valence-electron chi connectivity index (χ0n) is 16.5. The summed E-state index contributed by atoms with van der Waals surface area (Å²) < 4.78 is 21.3. The third kappa shape index (κ3) is 4.60. The lowest BCUT2D eigenvalue weighted by Crippen LogP contribution is -2.39. The number of hydrogen-bond acceptors (Lipinski definition) is 5. The fraction of sp³-hybridized carbons (Fsp3) is 0.500. The van der Waals surface area contributed by atoms with Crippen molar-refractivity contribution < 1.29 is 9.13 Å². The molecule has 0 bridgehead atoms. The van der Waals surface area contributed by atoms with Crippen LogP contribution in [-0.4, -0.2) is 29.5 Å². The van der Waals surface area contributed by atoms with Crippen molar-refractivity contribution in [2.75, 3.05) is 19.7 Å². The third-order valence-electron chi connectivity index (χ3n) is 4.77. The first kappa shape index (κ1) is 22.5. The molecule has 0 radical (unpaired) electrons. The lowest BCUT2D eigenvalue weighted by Gasteiger charge is -2.26. The summed E-state index contributed by atoms with van der Waals surface area (Å²) in [7, 11) is 0. The van der Waals surface area contributed by atoms with Crippen LogP contribution in [0.15, 0.2) is 23.0 Å². The van der Waals surface area contributed by atoms with Crippen LogP contribution in [0.3, 0.4) is 0 Å². The minimum Gasteiger partial charge on any atom is -0.371 e. The van der Waals surface area contributed by atoms with Crippen LogP contribution in [0.25, 0.3) is 11.3 Å². The van der Waals surface area contributed by atoms with Crippen LogP contribution in [-0.2, 0) is 17.8 Å². The van der Waals surface area contributed by atoms with E-state index in [1.807, 2.05) is 20.8 Å². The number of nitrogens with one attached hydrogen (secondary N) is 1. The maximum Gasteiger partial charge on any atom is 0.272 e. The van der Waals surface area contributed by atoms with E-state index >= 15 is 0 Å². The highest BCUT2D eigenvalue weighted by molar-refractivity contribution is 5.85. The van der Waals surface area contributed by atoms with Crippen LogP contribution in [0.1, 0.15) is 36.6 Å². The zero-order chi connectivity index (χ0) is 19.6. The van der Waals surface area contributed by atoms with Crippen molar-refractivity contribution in [2.45, 2.75) is 40.0 Å². The molecule has 1 aromatic heterocycles. The summed E-state index contributed by atoms with van der Waals surface area (Å²) in [6.07, 6.45) is -0.319. The molecule has 1 fully saturated rings. The van der Waals surface area contributed by atoms with Crippen molar-refractivity contribution in [3.63, 3.8) is 0 Å². The smallest absolute Gasteiger partial charge is 0.272 e. The molecule has 1 aromatic carbocycles. The molecule has 0 aliphatic carbocycles. The topological polar surface area (TPSA) is 82.2 Å². The normalized spacial score (nSPS) is 16.9. The number of halogens is 2. The lowest BCUT2D eigenvalue weighted by atomic mass is 9.98. The molecular weight excluding hydrogens is 383 g/mol. The first-order valence-electron chi connectivity index (χ1n) is 9.35. The Morgan fingerprint density at radius 2 is 2.18 bits per heavy atom. The average molecular weight is 411 g/mol. The third-order valence-corrected chi connectivity index (χ3v) is 4.77. The van der Waals surface area contributed by atoms with Crippen molar-refractivity contribution in [1.29, 1.82) is 0 Å². The van der Waals surface area contributed by atoms with Gasteiger partial charge in [-0.3, -0.25) is 4.79 Å². The molecule has 0 spiro atoms. The Morgan fingerprint density at radius 3 is 2.79 bits per heavy atom. The molecule has 1 atom stereocenters. The van der Waals surface area contributed by atoms with Crippen LogP contribution in [0.4, 0.5) is 4.39 Å². The average Bonchev–Trinajstić information content (AvgIpc) is 2.65. The highest BCUT2D eigenvalue weighted by atomic mass is 35.5. The van der Waals surface area contributed by atoms with E-state index in [4.69, 9.17) is 10.5 Å². The van der Waals surface area contributed by atoms with Gasteiger partial charge in [-0.05, 0) is 36.6 Å². The Bertz CT molecular complexity index is 879. The van der Waals surface area contributed by atoms with Gasteiger partial charge in [0.2, 0.25) is 0 Å². The molecule has 1 aliphatic rings. The second kappa shape index (κ2) is 9.60. The van der Waals surface area contributed by atoms with E-state index in [9.17, 15) is 9.18 Å². The Hall–Kier alpha value is -1.80. The molecule has 0 saturated carbocycles. The maximum absolute atomic E-state index is 13.9. The minimum atomic E-state index is -0.338. The summed E-state index contributed by atoms with van der Waals surface area (Å²) >= 11 is 0. The molecule has 2 aromatic rings. The summed E-state index contributed by atoms with van der Waals surface area (Å²) in [6, 6.07) is 4.78. The molecule has 154 valence electrons. The molecule has 28 heavy (non-hydrogen) atoms. The van der Waals surface area contributed by atoms with Gasteiger partial charge < -0.3 is 15.8 Å². The summed E-state index contributed by atoms with van der Waals surface area (Å²) in [5.41, 5.74) is 8.75. The number of benzene rings is 1. The van der Waals surface area contributed by atoms with E-state index in [1.165, 1.54) is 10.7 Å². The fourth-order valence-corrected chi connectivity index (χ4v) is 3.42. The lowest BCUT2D eigenvalue weighted by molar-refractivity contribution is 0.0259. The maximum atomic E-state index is 13.9. The van der Waals surface area contributed by atoms with E-state index in [-0.39, 0.29) is 42.4 Å². The van der Waals surface area contributed by atoms with E-state index < -0.39 is 0 Å². The van der Waals surface area contributed by atoms with Gasteiger partial charge in [0.1, 0.15) is 11.9 Å².